The van der Waals surface area contributed by atoms with Crippen LogP contribution in [0.1, 0.15) is 26.2 Å². The highest BCUT2D eigenvalue weighted by atomic mass is 32.1. The number of likely N-dealkylation sites (tertiary alicyclic amines) is 1. The highest BCUT2D eigenvalue weighted by Crippen LogP contribution is 2.22. The van der Waals surface area contributed by atoms with Crippen LogP contribution in [0.3, 0.4) is 0 Å². The monoisotopic (exact) mass is 231 g/mol. The Morgan fingerprint density at radius 2 is 2.27 bits per heavy atom. The van der Waals surface area contributed by atoms with Crippen molar-refractivity contribution in [3.63, 3.8) is 0 Å². The van der Waals surface area contributed by atoms with Crippen LogP contribution < -0.4 is 0 Å². The first-order valence-electron chi connectivity index (χ1n) is 5.18. The van der Waals surface area contributed by atoms with E-state index in [0.717, 1.165) is 12.8 Å². The van der Waals surface area contributed by atoms with E-state index in [-0.39, 0.29) is 23.2 Å². The number of nitrogens with zero attached hydrogens (tertiary/aromatic N) is 1. The molecule has 86 valence electrons. The summed E-state index contributed by atoms with van der Waals surface area (Å²) >= 11 is 4.23. The molecule has 15 heavy (non-hydrogen) atoms. The number of carbonyl (C=O) groups is 2. The first-order valence-corrected chi connectivity index (χ1v) is 5.69. The molecule has 2 atom stereocenters. The number of ether oxygens (including phenoxy) is 1. The molecule has 2 unspecified atom stereocenters. The van der Waals surface area contributed by atoms with E-state index >= 15 is 0 Å². The third-order valence-corrected chi connectivity index (χ3v) is 3.10. The highest BCUT2D eigenvalue weighted by Gasteiger charge is 2.39. The molecule has 0 aromatic heterocycles. The van der Waals surface area contributed by atoms with Gasteiger partial charge in [0, 0.05) is 6.54 Å². The van der Waals surface area contributed by atoms with Crippen molar-refractivity contribution in [2.75, 3.05) is 13.7 Å². The fraction of sp³-hybridized carbons (Fsp3) is 0.800. The molecular weight excluding hydrogens is 214 g/mol. The van der Waals surface area contributed by atoms with E-state index in [2.05, 4.69) is 17.4 Å². The van der Waals surface area contributed by atoms with E-state index in [1.807, 2.05) is 6.92 Å². The average Bonchev–Trinajstić information content (AvgIpc) is 2.16. The van der Waals surface area contributed by atoms with Gasteiger partial charge in [-0.15, -0.1) is 0 Å². The Morgan fingerprint density at radius 1 is 1.60 bits per heavy atom. The topological polar surface area (TPSA) is 46.6 Å². The normalized spacial score (nSPS) is 21.8. The van der Waals surface area contributed by atoms with Crippen LogP contribution in [0, 0.1) is 0 Å². The van der Waals surface area contributed by atoms with Crippen molar-refractivity contribution < 1.29 is 14.3 Å². The van der Waals surface area contributed by atoms with Gasteiger partial charge < -0.3 is 9.64 Å². The van der Waals surface area contributed by atoms with Crippen LogP contribution in [-0.4, -0.2) is 41.7 Å². The third kappa shape index (κ3) is 2.65. The van der Waals surface area contributed by atoms with E-state index < -0.39 is 0 Å². The number of carbonyl (C=O) groups excluding carboxylic acids is 2. The van der Waals surface area contributed by atoms with E-state index in [1.165, 1.54) is 7.11 Å². The summed E-state index contributed by atoms with van der Waals surface area (Å²) in [6.45, 7) is 2.64. The van der Waals surface area contributed by atoms with Gasteiger partial charge in [0.1, 0.15) is 6.04 Å². The quantitative estimate of drug-likeness (QED) is 0.576. The van der Waals surface area contributed by atoms with E-state index in [0.29, 0.717) is 13.0 Å². The van der Waals surface area contributed by atoms with Crippen LogP contribution >= 0.6 is 12.6 Å². The fourth-order valence-electron chi connectivity index (χ4n) is 1.62. The van der Waals surface area contributed by atoms with Crippen molar-refractivity contribution in [1.29, 1.82) is 0 Å². The Kier molecular flexibility index (Phi) is 4.45. The molecule has 1 amide bonds. The Balaban J connectivity index is 2.50. The first kappa shape index (κ1) is 12.4. The second-order valence-electron chi connectivity index (χ2n) is 3.66. The molecule has 1 aliphatic rings. The maximum atomic E-state index is 11.8. The molecule has 1 heterocycles. The van der Waals surface area contributed by atoms with Crippen LogP contribution in [-0.2, 0) is 14.3 Å². The summed E-state index contributed by atoms with van der Waals surface area (Å²) in [4.78, 5) is 24.6. The van der Waals surface area contributed by atoms with Crippen LogP contribution in [0.2, 0.25) is 0 Å². The molecule has 1 fully saturated rings. The van der Waals surface area contributed by atoms with Crippen molar-refractivity contribution in [2.24, 2.45) is 0 Å². The summed E-state index contributed by atoms with van der Waals surface area (Å²) in [6.07, 6.45) is 2.36. The second-order valence-corrected chi connectivity index (χ2v) is 4.29. The minimum atomic E-state index is -0.381. The molecule has 1 rings (SSSR count). The van der Waals surface area contributed by atoms with Crippen LogP contribution in [0.5, 0.6) is 0 Å². The molecule has 5 heteroatoms. The molecule has 0 spiro atoms. The Labute approximate surface area is 95.4 Å². The Bertz CT molecular complexity index is 257. The van der Waals surface area contributed by atoms with Gasteiger partial charge in [0.05, 0.1) is 12.4 Å². The highest BCUT2D eigenvalue weighted by molar-refractivity contribution is 7.81. The molecule has 4 nitrogen and oxygen atoms in total. The summed E-state index contributed by atoms with van der Waals surface area (Å²) in [6, 6.07) is -0.381. The number of rotatable bonds is 4. The fourth-order valence-corrected chi connectivity index (χ4v) is 2.03. The van der Waals surface area contributed by atoms with Crippen molar-refractivity contribution in [3.8, 4) is 0 Å². The predicted octanol–water partition coefficient (Wildman–Crippen LogP) is 0.859. The molecule has 0 aliphatic carbocycles. The Hall–Kier alpha value is -0.710. The van der Waals surface area contributed by atoms with Crippen molar-refractivity contribution >= 4 is 24.5 Å². The summed E-state index contributed by atoms with van der Waals surface area (Å²) in [5, 5.41) is -0.289. The van der Waals surface area contributed by atoms with Gasteiger partial charge in [-0.05, 0) is 12.8 Å². The lowest BCUT2D eigenvalue weighted by atomic mass is 10.0. The molecule has 1 aliphatic heterocycles. The van der Waals surface area contributed by atoms with Gasteiger partial charge in [0.25, 0.3) is 0 Å². The van der Waals surface area contributed by atoms with Gasteiger partial charge in [0.2, 0.25) is 5.91 Å². The third-order valence-electron chi connectivity index (χ3n) is 2.62. The molecule has 0 radical (unpaired) electrons. The molecular formula is C10H17NO3S. The van der Waals surface area contributed by atoms with Gasteiger partial charge in [-0.3, -0.25) is 4.79 Å². The SMILES string of the molecule is CCCC(S)C(=O)N1CCC1C(=O)OC. The summed E-state index contributed by atoms with van der Waals surface area (Å²) in [5.74, 6) is -0.381. The van der Waals surface area contributed by atoms with Gasteiger partial charge in [-0.2, -0.15) is 12.6 Å². The van der Waals surface area contributed by atoms with E-state index in [4.69, 9.17) is 0 Å². The van der Waals surface area contributed by atoms with Gasteiger partial charge in [0.15, 0.2) is 0 Å². The second kappa shape index (κ2) is 5.39. The zero-order chi connectivity index (χ0) is 11.4. The van der Waals surface area contributed by atoms with Crippen molar-refractivity contribution in [3.05, 3.63) is 0 Å². The zero-order valence-electron chi connectivity index (χ0n) is 9.10. The van der Waals surface area contributed by atoms with E-state index in [9.17, 15) is 9.59 Å². The van der Waals surface area contributed by atoms with Gasteiger partial charge >= 0.3 is 5.97 Å². The summed E-state index contributed by atoms with van der Waals surface area (Å²) in [5.41, 5.74) is 0. The molecule has 0 aromatic rings. The van der Waals surface area contributed by atoms with Crippen LogP contribution in [0.4, 0.5) is 0 Å². The van der Waals surface area contributed by atoms with Gasteiger partial charge in [-0.1, -0.05) is 13.3 Å². The van der Waals surface area contributed by atoms with Gasteiger partial charge in [-0.25, -0.2) is 4.79 Å². The van der Waals surface area contributed by atoms with Crippen molar-refractivity contribution in [2.45, 2.75) is 37.5 Å². The lowest BCUT2D eigenvalue weighted by Gasteiger charge is -2.39. The van der Waals surface area contributed by atoms with Crippen LogP contribution in [0.25, 0.3) is 0 Å². The Morgan fingerprint density at radius 3 is 2.67 bits per heavy atom. The molecule has 0 N–H and O–H groups in total. The first-order chi connectivity index (χ1) is 7.11. The number of methoxy groups -OCH3 is 1. The predicted molar refractivity (Wildman–Crippen MR) is 59.8 cm³/mol. The lowest BCUT2D eigenvalue weighted by Crippen LogP contribution is -2.57. The average molecular weight is 231 g/mol. The smallest absolute Gasteiger partial charge is 0.328 e. The van der Waals surface area contributed by atoms with E-state index in [1.54, 1.807) is 4.90 Å². The van der Waals surface area contributed by atoms with Crippen LogP contribution in [0.15, 0.2) is 0 Å². The number of hydrogen-bond acceptors (Lipinski definition) is 4. The summed E-state index contributed by atoms with van der Waals surface area (Å²) < 4.78 is 4.62. The molecule has 0 saturated carbocycles. The maximum absolute atomic E-state index is 11.8. The molecule has 1 saturated heterocycles. The minimum absolute atomic E-state index is 0.0539. The molecule has 0 aromatic carbocycles. The van der Waals surface area contributed by atoms with Crippen molar-refractivity contribution in [1.82, 2.24) is 4.90 Å². The summed E-state index contributed by atoms with van der Waals surface area (Å²) in [7, 11) is 1.34. The minimum Gasteiger partial charge on any atom is -0.467 e. The number of esters is 1. The standard InChI is InChI=1S/C10H17NO3S/c1-3-4-8(15)9(12)11-6-5-7(11)10(13)14-2/h7-8,15H,3-6H2,1-2H3. The maximum Gasteiger partial charge on any atom is 0.328 e. The lowest BCUT2D eigenvalue weighted by molar-refractivity contribution is -0.159. The zero-order valence-corrected chi connectivity index (χ0v) is 10.00. The number of amides is 1. The number of thiol groups is 1. The number of hydrogen-bond donors (Lipinski definition) is 1. The largest absolute Gasteiger partial charge is 0.467 e. The molecule has 0 bridgehead atoms.